The lowest BCUT2D eigenvalue weighted by molar-refractivity contribution is 0.288. The predicted octanol–water partition coefficient (Wildman–Crippen LogP) is 5.13. The first kappa shape index (κ1) is 17.8. The third-order valence-electron chi connectivity index (χ3n) is 3.75. The van der Waals surface area contributed by atoms with Gasteiger partial charge in [-0.2, -0.15) is 0 Å². The van der Waals surface area contributed by atoms with E-state index in [1.165, 1.54) is 11.1 Å². The molecule has 0 aliphatic rings. The molecule has 0 unspecified atom stereocenters. The van der Waals surface area contributed by atoms with Crippen molar-refractivity contribution in [2.45, 2.75) is 37.9 Å². The van der Waals surface area contributed by atoms with Crippen LogP contribution in [0.4, 0.5) is 0 Å². The minimum absolute atomic E-state index is 0.409. The largest absolute Gasteiger partial charge is 0.486 e. The molecule has 2 aromatic carbocycles. The molecule has 25 heavy (non-hydrogen) atoms. The number of halogens is 1. The highest BCUT2D eigenvalue weighted by Gasteiger charge is 2.12. The lowest BCUT2D eigenvalue weighted by atomic mass is 10.2. The number of hydrogen-bond donors (Lipinski definition) is 0. The van der Waals surface area contributed by atoms with E-state index in [9.17, 15) is 0 Å². The number of benzene rings is 2. The Bertz CT molecular complexity index is 833. The maximum absolute atomic E-state index is 5.93. The van der Waals surface area contributed by atoms with E-state index in [0.717, 1.165) is 34.1 Å². The average molecular weight is 374 g/mol. The van der Waals surface area contributed by atoms with Gasteiger partial charge in [0.15, 0.2) is 11.0 Å². The zero-order valence-corrected chi connectivity index (χ0v) is 15.8. The molecular formula is C19H20ClN3OS. The Hall–Kier alpha value is -1.98. The summed E-state index contributed by atoms with van der Waals surface area (Å²) in [6.07, 6.45) is 0. The Kier molecular flexibility index (Phi) is 6.00. The fourth-order valence-corrected chi connectivity index (χ4v) is 3.53. The normalized spacial score (nSPS) is 10.8. The van der Waals surface area contributed by atoms with Crippen LogP contribution in [0.2, 0.25) is 5.02 Å². The number of aryl methyl sites for hydroxylation is 1. The standard InChI is InChI=1S/C19H20ClN3OS/c1-3-23-18(12-24-17-6-4-5-14(2)11-17)21-22-19(23)25-13-15-7-9-16(20)10-8-15/h4-11H,3,12-13H2,1-2H3. The number of rotatable bonds is 7. The molecule has 0 radical (unpaired) electrons. The molecule has 0 amide bonds. The molecule has 0 aliphatic heterocycles. The molecule has 0 aliphatic carbocycles. The zero-order chi connectivity index (χ0) is 17.6. The van der Waals surface area contributed by atoms with Crippen LogP contribution >= 0.6 is 23.4 Å². The summed E-state index contributed by atoms with van der Waals surface area (Å²) < 4.78 is 7.95. The number of thioether (sulfide) groups is 1. The molecule has 1 heterocycles. The summed E-state index contributed by atoms with van der Waals surface area (Å²) in [4.78, 5) is 0. The topological polar surface area (TPSA) is 39.9 Å². The van der Waals surface area contributed by atoms with Crippen molar-refractivity contribution in [3.05, 3.63) is 70.5 Å². The summed E-state index contributed by atoms with van der Waals surface area (Å²) in [5.74, 6) is 2.51. The van der Waals surface area contributed by atoms with Crippen molar-refractivity contribution in [1.82, 2.24) is 14.8 Å². The van der Waals surface area contributed by atoms with E-state index in [4.69, 9.17) is 16.3 Å². The summed E-state index contributed by atoms with van der Waals surface area (Å²) in [6.45, 7) is 5.35. The Morgan fingerprint density at radius 2 is 1.92 bits per heavy atom. The first-order valence-corrected chi connectivity index (χ1v) is 9.51. The predicted molar refractivity (Wildman–Crippen MR) is 102 cm³/mol. The minimum Gasteiger partial charge on any atom is -0.486 e. The molecule has 0 spiro atoms. The summed E-state index contributed by atoms with van der Waals surface area (Å²) in [6, 6.07) is 15.9. The molecule has 0 N–H and O–H groups in total. The van der Waals surface area contributed by atoms with Gasteiger partial charge in [-0.25, -0.2) is 0 Å². The number of nitrogens with zero attached hydrogens (tertiary/aromatic N) is 3. The van der Waals surface area contributed by atoms with E-state index in [0.29, 0.717) is 6.61 Å². The molecule has 0 bridgehead atoms. The monoisotopic (exact) mass is 373 g/mol. The molecule has 3 rings (SSSR count). The summed E-state index contributed by atoms with van der Waals surface area (Å²) in [7, 11) is 0. The minimum atomic E-state index is 0.409. The lowest BCUT2D eigenvalue weighted by Gasteiger charge is -2.09. The molecule has 0 saturated heterocycles. The van der Waals surface area contributed by atoms with E-state index in [1.807, 2.05) is 55.5 Å². The first-order valence-electron chi connectivity index (χ1n) is 8.14. The van der Waals surface area contributed by atoms with Gasteiger partial charge < -0.3 is 9.30 Å². The zero-order valence-electron chi connectivity index (χ0n) is 14.3. The molecular weight excluding hydrogens is 354 g/mol. The molecule has 4 nitrogen and oxygen atoms in total. The fraction of sp³-hybridized carbons (Fsp3) is 0.263. The summed E-state index contributed by atoms with van der Waals surface area (Å²) in [5, 5.41) is 10.3. The molecule has 1 aromatic heterocycles. The smallest absolute Gasteiger partial charge is 0.191 e. The highest BCUT2D eigenvalue weighted by Crippen LogP contribution is 2.23. The van der Waals surface area contributed by atoms with Crippen molar-refractivity contribution in [1.29, 1.82) is 0 Å². The van der Waals surface area contributed by atoms with Gasteiger partial charge in [0, 0.05) is 17.3 Å². The Morgan fingerprint density at radius 1 is 1.12 bits per heavy atom. The maximum Gasteiger partial charge on any atom is 0.191 e. The number of aromatic nitrogens is 3. The van der Waals surface area contributed by atoms with Gasteiger partial charge in [-0.1, -0.05) is 47.6 Å². The second kappa shape index (κ2) is 8.41. The van der Waals surface area contributed by atoms with Crippen LogP contribution in [0.25, 0.3) is 0 Å². The highest BCUT2D eigenvalue weighted by atomic mass is 35.5. The first-order chi connectivity index (χ1) is 12.2. The second-order valence-corrected chi connectivity index (χ2v) is 7.04. The molecule has 130 valence electrons. The van der Waals surface area contributed by atoms with Crippen molar-refractivity contribution in [2.24, 2.45) is 0 Å². The molecule has 0 atom stereocenters. The molecule has 3 aromatic rings. The Labute approximate surface area is 157 Å². The van der Waals surface area contributed by atoms with E-state index in [-0.39, 0.29) is 0 Å². The van der Waals surface area contributed by atoms with Crippen molar-refractivity contribution in [3.63, 3.8) is 0 Å². The van der Waals surface area contributed by atoms with E-state index < -0.39 is 0 Å². The third kappa shape index (κ3) is 4.77. The van der Waals surface area contributed by atoms with Gasteiger partial charge in [-0.3, -0.25) is 0 Å². The average Bonchev–Trinajstić information content (AvgIpc) is 3.01. The van der Waals surface area contributed by atoms with E-state index >= 15 is 0 Å². The molecule has 6 heteroatoms. The van der Waals surface area contributed by atoms with Gasteiger partial charge in [0.2, 0.25) is 0 Å². The van der Waals surface area contributed by atoms with Crippen LogP contribution in [0, 0.1) is 6.92 Å². The summed E-state index contributed by atoms with van der Waals surface area (Å²) in [5.41, 5.74) is 2.38. The fourth-order valence-electron chi connectivity index (χ4n) is 2.43. The van der Waals surface area contributed by atoms with Crippen molar-refractivity contribution < 1.29 is 4.74 Å². The van der Waals surface area contributed by atoms with Gasteiger partial charge >= 0.3 is 0 Å². The summed E-state index contributed by atoms with van der Waals surface area (Å²) >= 11 is 7.59. The van der Waals surface area contributed by atoms with Gasteiger partial charge in [-0.05, 0) is 49.2 Å². The van der Waals surface area contributed by atoms with Crippen LogP contribution in [-0.2, 0) is 18.9 Å². The van der Waals surface area contributed by atoms with E-state index in [2.05, 4.69) is 21.7 Å². The van der Waals surface area contributed by atoms with Crippen LogP contribution < -0.4 is 4.74 Å². The number of hydrogen-bond acceptors (Lipinski definition) is 4. The van der Waals surface area contributed by atoms with Crippen LogP contribution in [0.3, 0.4) is 0 Å². The van der Waals surface area contributed by atoms with Crippen LogP contribution in [0.1, 0.15) is 23.9 Å². The lowest BCUT2D eigenvalue weighted by Crippen LogP contribution is -2.07. The van der Waals surface area contributed by atoms with Gasteiger partial charge in [0.1, 0.15) is 12.4 Å². The van der Waals surface area contributed by atoms with Gasteiger partial charge in [0.25, 0.3) is 0 Å². The SMILES string of the molecule is CCn1c(COc2cccc(C)c2)nnc1SCc1ccc(Cl)cc1. The van der Waals surface area contributed by atoms with Crippen LogP contribution in [0.5, 0.6) is 5.75 Å². The molecule has 0 saturated carbocycles. The highest BCUT2D eigenvalue weighted by molar-refractivity contribution is 7.98. The van der Waals surface area contributed by atoms with Crippen molar-refractivity contribution in [2.75, 3.05) is 0 Å². The van der Waals surface area contributed by atoms with Crippen LogP contribution in [-0.4, -0.2) is 14.8 Å². The van der Waals surface area contributed by atoms with Crippen molar-refractivity contribution in [3.8, 4) is 5.75 Å². The quantitative estimate of drug-likeness (QED) is 0.538. The van der Waals surface area contributed by atoms with Crippen molar-refractivity contribution >= 4 is 23.4 Å². The number of ether oxygens (including phenoxy) is 1. The third-order valence-corrected chi connectivity index (χ3v) is 5.04. The molecule has 0 fully saturated rings. The Morgan fingerprint density at radius 3 is 2.64 bits per heavy atom. The second-order valence-electron chi connectivity index (χ2n) is 5.66. The van der Waals surface area contributed by atoms with Crippen LogP contribution in [0.15, 0.2) is 53.7 Å². The maximum atomic E-state index is 5.93. The Balaban J connectivity index is 1.64. The van der Waals surface area contributed by atoms with E-state index in [1.54, 1.807) is 11.8 Å². The van der Waals surface area contributed by atoms with Gasteiger partial charge in [-0.15, -0.1) is 10.2 Å². The van der Waals surface area contributed by atoms with Gasteiger partial charge in [0.05, 0.1) is 0 Å².